The fourth-order valence-electron chi connectivity index (χ4n) is 1.51. The average Bonchev–Trinajstić information content (AvgIpc) is 2.42. The molecule has 1 aromatic rings. The number of benzene rings is 1. The lowest BCUT2D eigenvalue weighted by atomic mass is 10.0. The van der Waals surface area contributed by atoms with E-state index in [2.05, 4.69) is 41.7 Å². The Morgan fingerprint density at radius 1 is 0.950 bits per heavy atom. The van der Waals surface area contributed by atoms with Crippen molar-refractivity contribution in [3.8, 4) is 11.5 Å². The monoisotopic (exact) mass is 288 g/mol. The molecule has 0 radical (unpaired) electrons. The minimum absolute atomic E-state index is 0.230. The average molecular weight is 288 g/mol. The van der Waals surface area contributed by atoms with Crippen LogP contribution in [0.2, 0.25) is 19.6 Å². The summed E-state index contributed by atoms with van der Waals surface area (Å²) < 4.78 is 0. The molecule has 0 bridgehead atoms. The molecule has 4 nitrogen and oxygen atoms in total. The second kappa shape index (κ2) is 6.39. The third-order valence-corrected chi connectivity index (χ3v) is 3.37. The molecule has 106 valence electrons. The maximum atomic E-state index is 11.7. The molecule has 1 aromatic carbocycles. The molecular weight excluding hydrogens is 268 g/mol. The van der Waals surface area contributed by atoms with Crippen molar-refractivity contribution >= 4 is 19.9 Å². The Morgan fingerprint density at radius 3 is 1.75 bits per heavy atom. The smallest absolute Gasteiger partial charge is 0.251 e. The fourth-order valence-corrected chi connectivity index (χ4v) is 2.03. The van der Waals surface area contributed by atoms with E-state index in [9.17, 15) is 9.59 Å². The lowest BCUT2D eigenvalue weighted by Gasteiger charge is -2.07. The van der Waals surface area contributed by atoms with E-state index in [0.717, 1.165) is 0 Å². The Hall–Kier alpha value is -2.06. The van der Waals surface area contributed by atoms with Gasteiger partial charge in [-0.3, -0.25) is 9.59 Å². The van der Waals surface area contributed by atoms with Crippen molar-refractivity contribution in [3.63, 3.8) is 0 Å². The normalized spacial score (nSPS) is 10.2. The highest BCUT2D eigenvalue weighted by atomic mass is 28.3. The maximum absolute atomic E-state index is 11.7. The number of carbonyl (C=O) groups is 2. The van der Waals surface area contributed by atoms with Crippen molar-refractivity contribution in [2.24, 2.45) is 0 Å². The zero-order chi connectivity index (χ0) is 15.3. The van der Waals surface area contributed by atoms with Crippen LogP contribution in [-0.2, 0) is 0 Å². The van der Waals surface area contributed by atoms with Gasteiger partial charge < -0.3 is 10.6 Å². The highest BCUT2D eigenvalue weighted by Gasteiger charge is 2.12. The van der Waals surface area contributed by atoms with Gasteiger partial charge in [0.05, 0.1) is 0 Å². The van der Waals surface area contributed by atoms with Crippen LogP contribution in [-0.4, -0.2) is 34.0 Å². The minimum atomic E-state index is -1.51. The first-order chi connectivity index (χ1) is 9.26. The second-order valence-corrected chi connectivity index (χ2v) is 10.2. The summed E-state index contributed by atoms with van der Waals surface area (Å²) >= 11 is 0. The van der Waals surface area contributed by atoms with Gasteiger partial charge in [-0.15, -0.1) is 5.54 Å². The SMILES string of the molecule is CNC(=O)c1cc(C#C[Si](C)(C)C)cc(C(=O)NC)c1. The predicted octanol–water partition coefficient (Wildman–Crippen LogP) is 1.63. The summed E-state index contributed by atoms with van der Waals surface area (Å²) in [4.78, 5) is 23.5. The van der Waals surface area contributed by atoms with Gasteiger partial charge in [0.1, 0.15) is 8.07 Å². The van der Waals surface area contributed by atoms with Crippen molar-refractivity contribution in [1.82, 2.24) is 10.6 Å². The van der Waals surface area contributed by atoms with Crippen LogP contribution in [0.3, 0.4) is 0 Å². The second-order valence-electron chi connectivity index (χ2n) is 5.46. The predicted molar refractivity (Wildman–Crippen MR) is 83.4 cm³/mol. The van der Waals surface area contributed by atoms with E-state index in [0.29, 0.717) is 16.7 Å². The van der Waals surface area contributed by atoms with Crippen molar-refractivity contribution in [1.29, 1.82) is 0 Å². The van der Waals surface area contributed by atoms with Crippen LogP contribution < -0.4 is 10.6 Å². The molecule has 0 heterocycles. The van der Waals surface area contributed by atoms with Gasteiger partial charge in [-0.25, -0.2) is 0 Å². The third-order valence-electron chi connectivity index (χ3n) is 2.49. The number of rotatable bonds is 2. The van der Waals surface area contributed by atoms with E-state index < -0.39 is 8.07 Å². The molecule has 0 atom stereocenters. The fraction of sp³-hybridized carbons (Fsp3) is 0.333. The number of hydrogen-bond acceptors (Lipinski definition) is 2. The van der Waals surface area contributed by atoms with Crippen LogP contribution in [0.25, 0.3) is 0 Å². The lowest BCUT2D eigenvalue weighted by Crippen LogP contribution is -2.21. The molecule has 0 unspecified atom stereocenters. The van der Waals surface area contributed by atoms with Crippen LogP contribution in [0.4, 0.5) is 0 Å². The van der Waals surface area contributed by atoms with E-state index in [1.54, 1.807) is 32.3 Å². The quantitative estimate of drug-likeness (QED) is 0.642. The van der Waals surface area contributed by atoms with E-state index in [1.807, 2.05) is 0 Å². The summed E-state index contributed by atoms with van der Waals surface area (Å²) in [6.45, 7) is 6.42. The summed E-state index contributed by atoms with van der Waals surface area (Å²) in [5.74, 6) is 2.62. The van der Waals surface area contributed by atoms with Gasteiger partial charge in [0.15, 0.2) is 0 Å². The Kier molecular flexibility index (Phi) is 5.11. The van der Waals surface area contributed by atoms with E-state index in [-0.39, 0.29) is 11.8 Å². The van der Waals surface area contributed by atoms with Crippen LogP contribution in [0.15, 0.2) is 18.2 Å². The molecule has 0 aliphatic carbocycles. The Morgan fingerprint density at radius 2 is 1.40 bits per heavy atom. The standard InChI is InChI=1S/C15H20N2O2Si/c1-16-14(18)12-8-11(6-7-20(3,4)5)9-13(10-12)15(19)17-2/h8-10H,1-5H3,(H,16,18)(H,17,19). The third kappa shape index (κ3) is 4.56. The van der Waals surface area contributed by atoms with Crippen molar-refractivity contribution < 1.29 is 9.59 Å². The first-order valence-electron chi connectivity index (χ1n) is 6.39. The van der Waals surface area contributed by atoms with E-state index in [4.69, 9.17) is 0 Å². The molecule has 0 spiro atoms. The van der Waals surface area contributed by atoms with Crippen molar-refractivity contribution in [2.75, 3.05) is 14.1 Å². The van der Waals surface area contributed by atoms with Gasteiger partial charge in [0, 0.05) is 30.8 Å². The van der Waals surface area contributed by atoms with Crippen LogP contribution >= 0.6 is 0 Å². The lowest BCUT2D eigenvalue weighted by molar-refractivity contribution is 0.0962. The molecular formula is C15H20N2O2Si. The maximum Gasteiger partial charge on any atom is 0.251 e. The summed E-state index contributed by atoms with van der Waals surface area (Å²) in [7, 11) is 1.61. The summed E-state index contributed by atoms with van der Waals surface area (Å²) in [5, 5.41) is 5.11. The van der Waals surface area contributed by atoms with Gasteiger partial charge in [-0.2, -0.15) is 0 Å². The van der Waals surface area contributed by atoms with Crippen LogP contribution in [0, 0.1) is 11.5 Å². The van der Waals surface area contributed by atoms with Crippen LogP contribution in [0.5, 0.6) is 0 Å². The largest absolute Gasteiger partial charge is 0.355 e. The molecule has 0 saturated heterocycles. The first-order valence-corrected chi connectivity index (χ1v) is 9.89. The molecule has 5 heteroatoms. The Labute approximate surface area is 121 Å². The molecule has 0 aliphatic heterocycles. The molecule has 0 aliphatic rings. The molecule has 0 saturated carbocycles. The number of carbonyl (C=O) groups excluding carboxylic acids is 2. The molecule has 20 heavy (non-hydrogen) atoms. The molecule has 2 N–H and O–H groups in total. The molecule has 1 rings (SSSR count). The van der Waals surface area contributed by atoms with E-state index in [1.165, 1.54) is 0 Å². The van der Waals surface area contributed by atoms with Crippen LogP contribution in [0.1, 0.15) is 26.3 Å². The van der Waals surface area contributed by atoms with Crippen molar-refractivity contribution in [3.05, 3.63) is 34.9 Å². The first kappa shape index (κ1) is 16.0. The number of nitrogens with one attached hydrogen (secondary N) is 2. The van der Waals surface area contributed by atoms with Gasteiger partial charge in [0.25, 0.3) is 11.8 Å². The van der Waals surface area contributed by atoms with Gasteiger partial charge in [-0.1, -0.05) is 25.6 Å². The topological polar surface area (TPSA) is 58.2 Å². The Balaban J connectivity index is 3.33. The van der Waals surface area contributed by atoms with Crippen molar-refractivity contribution in [2.45, 2.75) is 19.6 Å². The minimum Gasteiger partial charge on any atom is -0.355 e. The zero-order valence-electron chi connectivity index (χ0n) is 12.5. The zero-order valence-corrected chi connectivity index (χ0v) is 13.5. The highest BCUT2D eigenvalue weighted by Crippen LogP contribution is 2.11. The summed E-state index contributed by atoms with van der Waals surface area (Å²) in [5.41, 5.74) is 4.80. The van der Waals surface area contributed by atoms with E-state index >= 15 is 0 Å². The number of hydrogen-bond donors (Lipinski definition) is 2. The molecule has 2 amide bonds. The van der Waals surface area contributed by atoms with Gasteiger partial charge >= 0.3 is 0 Å². The Bertz CT molecular complexity index is 558. The van der Waals surface area contributed by atoms with Gasteiger partial charge in [0.2, 0.25) is 0 Å². The molecule has 0 aromatic heterocycles. The van der Waals surface area contributed by atoms with Gasteiger partial charge in [-0.05, 0) is 18.2 Å². The highest BCUT2D eigenvalue weighted by molar-refractivity contribution is 6.83. The number of amides is 2. The summed E-state index contributed by atoms with van der Waals surface area (Å²) in [6.07, 6.45) is 0. The molecule has 0 fully saturated rings. The summed E-state index contributed by atoms with van der Waals surface area (Å²) in [6, 6.07) is 4.98.